The normalized spacial score (nSPS) is 12.2. The second kappa shape index (κ2) is 9.24. The Morgan fingerprint density at radius 1 is 0.905 bits per heavy atom. The molecule has 0 spiro atoms. The molecule has 2 N–H and O–H groups in total. The first-order valence-electron chi connectivity index (χ1n) is 7.61. The summed E-state index contributed by atoms with van der Waals surface area (Å²) in [6.45, 7) is 4.00. The Bertz CT molecular complexity index is 553. The van der Waals surface area contributed by atoms with E-state index in [1.807, 2.05) is 32.2 Å². The lowest BCUT2D eigenvalue weighted by atomic mass is 9.91. The average Bonchev–Trinajstić information content (AvgIpc) is 2.54. The topological polar surface area (TPSA) is 38.9 Å². The highest BCUT2D eigenvalue weighted by Gasteiger charge is 2.14. The minimum Gasteiger partial charge on any atom is -0.333 e. The fourth-order valence-electron chi connectivity index (χ4n) is 2.55. The first kappa shape index (κ1) is 17.3. The van der Waals surface area contributed by atoms with E-state index in [1.165, 1.54) is 12.6 Å². The molecule has 0 amide bonds. The van der Waals surface area contributed by atoms with Crippen LogP contribution in [-0.4, -0.2) is 12.0 Å². The maximum Gasteiger partial charge on any atom is 0.126 e. The highest BCUT2D eigenvalue weighted by Crippen LogP contribution is 2.22. The van der Waals surface area contributed by atoms with Crippen molar-refractivity contribution >= 4 is 0 Å². The SMILES string of the molecule is CC.CN.Fc1cccc2c1CCc1ncccc1CC2. The number of nitrogens with zero attached hydrogens (tertiary/aromatic N) is 1. The maximum absolute atomic E-state index is 13.7. The molecule has 0 fully saturated rings. The lowest BCUT2D eigenvalue weighted by molar-refractivity contribution is 0.601. The lowest BCUT2D eigenvalue weighted by Gasteiger charge is -2.16. The molecule has 2 nitrogen and oxygen atoms in total. The summed E-state index contributed by atoms with van der Waals surface area (Å²) in [4.78, 5) is 4.40. The number of halogens is 1. The second-order valence-electron chi connectivity index (χ2n) is 4.49. The van der Waals surface area contributed by atoms with Crippen LogP contribution in [0.2, 0.25) is 0 Å². The molecule has 0 saturated heterocycles. The number of pyridine rings is 1. The van der Waals surface area contributed by atoms with Gasteiger partial charge in [0.25, 0.3) is 0 Å². The Kier molecular flexibility index (Phi) is 7.62. The number of hydrogen-bond acceptors (Lipinski definition) is 2. The fourth-order valence-corrected chi connectivity index (χ4v) is 2.55. The van der Waals surface area contributed by atoms with Gasteiger partial charge >= 0.3 is 0 Å². The van der Waals surface area contributed by atoms with Crippen molar-refractivity contribution < 1.29 is 4.39 Å². The van der Waals surface area contributed by atoms with Crippen LogP contribution in [0.25, 0.3) is 0 Å². The number of hydrogen-bond donors (Lipinski definition) is 1. The first-order valence-corrected chi connectivity index (χ1v) is 7.61. The van der Waals surface area contributed by atoms with Crippen LogP contribution in [0.4, 0.5) is 4.39 Å². The van der Waals surface area contributed by atoms with Crippen molar-refractivity contribution in [1.82, 2.24) is 4.98 Å². The molecular formula is C18H25FN2. The number of aryl methyl sites for hydroxylation is 3. The molecule has 114 valence electrons. The van der Waals surface area contributed by atoms with Gasteiger partial charge < -0.3 is 5.73 Å². The van der Waals surface area contributed by atoms with Gasteiger partial charge in [0.2, 0.25) is 0 Å². The van der Waals surface area contributed by atoms with Gasteiger partial charge in [0.15, 0.2) is 0 Å². The largest absolute Gasteiger partial charge is 0.333 e. The predicted molar refractivity (Wildman–Crippen MR) is 86.9 cm³/mol. The number of rotatable bonds is 0. The van der Waals surface area contributed by atoms with Crippen molar-refractivity contribution in [3.8, 4) is 0 Å². The molecule has 1 heterocycles. The smallest absolute Gasteiger partial charge is 0.126 e. The van der Waals surface area contributed by atoms with Crippen molar-refractivity contribution in [2.45, 2.75) is 39.5 Å². The van der Waals surface area contributed by atoms with E-state index in [1.54, 1.807) is 12.1 Å². The molecule has 1 aromatic carbocycles. The first-order chi connectivity index (χ1) is 10.3. The Morgan fingerprint density at radius 2 is 1.57 bits per heavy atom. The maximum atomic E-state index is 13.7. The van der Waals surface area contributed by atoms with Crippen LogP contribution in [0.15, 0.2) is 36.5 Å². The molecule has 3 rings (SSSR count). The quantitative estimate of drug-likeness (QED) is 0.802. The van der Waals surface area contributed by atoms with E-state index in [2.05, 4.69) is 16.8 Å². The van der Waals surface area contributed by atoms with E-state index in [0.717, 1.165) is 42.5 Å². The molecule has 0 aliphatic heterocycles. The lowest BCUT2D eigenvalue weighted by Crippen LogP contribution is -2.09. The van der Waals surface area contributed by atoms with Crippen LogP contribution in [0.3, 0.4) is 0 Å². The second-order valence-corrected chi connectivity index (χ2v) is 4.49. The molecule has 2 aromatic rings. The van der Waals surface area contributed by atoms with Crippen LogP contribution in [0, 0.1) is 5.82 Å². The summed E-state index contributed by atoms with van der Waals surface area (Å²) in [6.07, 6.45) is 5.28. The average molecular weight is 288 g/mol. The van der Waals surface area contributed by atoms with E-state index in [0.29, 0.717) is 0 Å². The third-order valence-corrected chi connectivity index (χ3v) is 3.48. The van der Waals surface area contributed by atoms with Crippen LogP contribution in [0.1, 0.15) is 36.2 Å². The third kappa shape index (κ3) is 4.36. The molecule has 0 radical (unpaired) electrons. The van der Waals surface area contributed by atoms with Crippen LogP contribution < -0.4 is 5.73 Å². The van der Waals surface area contributed by atoms with Crippen molar-refractivity contribution in [2.24, 2.45) is 5.73 Å². The Hall–Kier alpha value is -1.74. The van der Waals surface area contributed by atoms with Crippen molar-refractivity contribution in [3.63, 3.8) is 0 Å². The molecule has 21 heavy (non-hydrogen) atoms. The van der Waals surface area contributed by atoms with Gasteiger partial charge in [-0.1, -0.05) is 32.0 Å². The highest BCUT2D eigenvalue weighted by atomic mass is 19.1. The number of fused-ring (bicyclic) bond motifs is 2. The molecule has 0 saturated carbocycles. The molecule has 0 atom stereocenters. The molecule has 1 aliphatic rings. The van der Waals surface area contributed by atoms with Gasteiger partial charge in [-0.05, 0) is 61.6 Å². The Balaban J connectivity index is 0.000000510. The van der Waals surface area contributed by atoms with E-state index < -0.39 is 0 Å². The number of aromatic nitrogens is 1. The van der Waals surface area contributed by atoms with Gasteiger partial charge in [-0.25, -0.2) is 4.39 Å². The molecule has 0 bridgehead atoms. The monoisotopic (exact) mass is 288 g/mol. The fraction of sp³-hybridized carbons (Fsp3) is 0.389. The minimum atomic E-state index is -0.0677. The van der Waals surface area contributed by atoms with Gasteiger partial charge in [-0.2, -0.15) is 0 Å². The van der Waals surface area contributed by atoms with Crippen molar-refractivity contribution in [3.05, 3.63) is 64.7 Å². The number of nitrogens with two attached hydrogens (primary N) is 1. The summed E-state index contributed by atoms with van der Waals surface area (Å²) in [5, 5.41) is 0. The van der Waals surface area contributed by atoms with Gasteiger partial charge in [0, 0.05) is 11.9 Å². The summed E-state index contributed by atoms with van der Waals surface area (Å²) >= 11 is 0. The van der Waals surface area contributed by atoms with Gasteiger partial charge in [0.1, 0.15) is 5.82 Å². The van der Waals surface area contributed by atoms with Crippen molar-refractivity contribution in [2.75, 3.05) is 7.05 Å². The molecule has 1 aromatic heterocycles. The molecule has 1 aliphatic carbocycles. The van der Waals surface area contributed by atoms with Gasteiger partial charge in [-0.3, -0.25) is 4.98 Å². The minimum absolute atomic E-state index is 0.0677. The standard InChI is InChI=1S/C15H14FN.C2H6.CH5N/c16-14-5-1-3-11-6-7-12-4-2-10-17-15(12)9-8-13(11)14;2*1-2/h1-5,10H,6-9H2;1-2H3;2H2,1H3. The van der Waals surface area contributed by atoms with Crippen LogP contribution >= 0.6 is 0 Å². The summed E-state index contributed by atoms with van der Waals surface area (Å²) in [5.41, 5.74) is 8.96. The molecule has 0 unspecified atom stereocenters. The Morgan fingerprint density at radius 3 is 2.33 bits per heavy atom. The summed E-state index contributed by atoms with van der Waals surface area (Å²) in [7, 11) is 1.50. The zero-order valence-corrected chi connectivity index (χ0v) is 13.2. The zero-order chi connectivity index (χ0) is 15.7. The molecular weight excluding hydrogens is 263 g/mol. The van der Waals surface area contributed by atoms with E-state index in [-0.39, 0.29) is 5.82 Å². The molecule has 3 heteroatoms. The predicted octanol–water partition coefficient (Wildman–Crippen LogP) is 3.71. The van der Waals surface area contributed by atoms with E-state index in [4.69, 9.17) is 0 Å². The van der Waals surface area contributed by atoms with Gasteiger partial charge in [-0.15, -0.1) is 0 Å². The highest BCUT2D eigenvalue weighted by molar-refractivity contribution is 5.33. The van der Waals surface area contributed by atoms with Crippen LogP contribution in [0.5, 0.6) is 0 Å². The van der Waals surface area contributed by atoms with E-state index in [9.17, 15) is 4.39 Å². The summed E-state index contributed by atoms with van der Waals surface area (Å²) in [6, 6.07) is 9.51. The number of benzene rings is 1. The summed E-state index contributed by atoms with van der Waals surface area (Å²) < 4.78 is 13.7. The Labute approximate surface area is 127 Å². The third-order valence-electron chi connectivity index (χ3n) is 3.48. The summed E-state index contributed by atoms with van der Waals surface area (Å²) in [5.74, 6) is -0.0677. The van der Waals surface area contributed by atoms with Gasteiger partial charge in [0.05, 0.1) is 0 Å². The van der Waals surface area contributed by atoms with Crippen LogP contribution in [-0.2, 0) is 25.7 Å². The van der Waals surface area contributed by atoms with E-state index >= 15 is 0 Å². The zero-order valence-electron chi connectivity index (χ0n) is 13.2. The van der Waals surface area contributed by atoms with Crippen molar-refractivity contribution in [1.29, 1.82) is 0 Å².